The summed E-state index contributed by atoms with van der Waals surface area (Å²) < 4.78 is 1.00. The minimum Gasteiger partial charge on any atom is -1.00 e. The van der Waals surface area contributed by atoms with Crippen LogP contribution in [0.4, 0.5) is 0 Å². The topological polar surface area (TPSA) is 0 Å². The molecule has 0 aromatic rings. The molecule has 0 aliphatic heterocycles. The number of halogens is 1. The Balaban J connectivity index is -0.0000000800. The Kier molecular flexibility index (Phi) is 12.5. The average molecular weight is 309 g/mol. The van der Waals surface area contributed by atoms with Crippen molar-refractivity contribution in [1.29, 1.82) is 0 Å². The zero-order valence-corrected chi connectivity index (χ0v) is 8.77. The molecule has 0 aliphatic rings. The fourth-order valence-electron chi connectivity index (χ4n) is 0. The molecule has 0 aromatic heterocycles. The van der Waals surface area contributed by atoms with E-state index < -0.39 is 0 Å². The van der Waals surface area contributed by atoms with Crippen LogP contribution in [-0.2, 0) is 22.4 Å². The molecule has 0 unspecified atom stereocenters. The number of hydrogen-bond acceptors (Lipinski definition) is 0. The van der Waals surface area contributed by atoms with Crippen molar-refractivity contribution < 1.29 is 50.8 Å². The van der Waals surface area contributed by atoms with Crippen molar-refractivity contribution in [2.45, 2.75) is 0 Å². The van der Waals surface area contributed by atoms with Gasteiger partial charge in [0.05, 0.1) is 28.2 Å². The fraction of sp³-hybridized carbons (Fsp3) is 1.00. The predicted octanol–water partition coefficient (Wildman–Crippen LogP) is -2.68. The molecule has 0 saturated heterocycles. The Labute approximate surface area is 78.6 Å². The van der Waals surface area contributed by atoms with Crippen LogP contribution in [0, 0.1) is 0 Å². The molecule has 0 spiro atoms. The molecular weight excluding hydrogens is 297 g/mol. The zero-order chi connectivity index (χ0) is 4.50. The van der Waals surface area contributed by atoms with Gasteiger partial charge in [0.1, 0.15) is 0 Å². The summed E-state index contributed by atoms with van der Waals surface area (Å²) in [5.41, 5.74) is 0. The van der Waals surface area contributed by atoms with Crippen LogP contribution in [-0.4, -0.2) is 32.7 Å². The molecule has 0 bridgehead atoms. The predicted molar refractivity (Wildman–Crippen MR) is 24.0 cm³/mol. The Morgan fingerprint density at radius 1 is 0.857 bits per heavy atom. The maximum absolute atomic E-state index is 2.12. The quantitative estimate of drug-likeness (QED) is 0.260. The largest absolute Gasteiger partial charge is 1.00 e. The molecule has 3 heteroatoms. The minimum absolute atomic E-state index is 0. The molecule has 0 atom stereocenters. The molecule has 0 radical (unpaired) electrons. The minimum atomic E-state index is 0. The van der Waals surface area contributed by atoms with Gasteiger partial charge >= 0.3 is 22.4 Å². The Morgan fingerprint density at radius 2 is 0.857 bits per heavy atom. The third-order valence-corrected chi connectivity index (χ3v) is 0. The van der Waals surface area contributed by atoms with Gasteiger partial charge in [-0.25, -0.2) is 0 Å². The molecule has 0 amide bonds. The van der Waals surface area contributed by atoms with E-state index in [1.54, 1.807) is 0 Å². The Hall–Kier alpha value is 1.43. The first-order chi connectivity index (χ1) is 2.00. The van der Waals surface area contributed by atoms with Gasteiger partial charge in [-0.2, -0.15) is 0 Å². The number of rotatable bonds is 0. The van der Waals surface area contributed by atoms with Crippen LogP contribution < -0.4 is 24.0 Å². The van der Waals surface area contributed by atoms with Gasteiger partial charge in [-0.05, 0) is 0 Å². The molecule has 0 fully saturated rings. The van der Waals surface area contributed by atoms with Crippen LogP contribution in [0.5, 0.6) is 0 Å². The van der Waals surface area contributed by atoms with Crippen molar-refractivity contribution in [2.24, 2.45) is 0 Å². The molecule has 0 saturated carbocycles. The fourth-order valence-corrected chi connectivity index (χ4v) is 0. The van der Waals surface area contributed by atoms with E-state index in [1.165, 1.54) is 0 Å². The van der Waals surface area contributed by atoms with Gasteiger partial charge in [0.15, 0.2) is 0 Å². The van der Waals surface area contributed by atoms with Crippen LogP contribution >= 0.6 is 0 Å². The number of hydrogen-bond donors (Lipinski definition) is 0. The van der Waals surface area contributed by atoms with Crippen molar-refractivity contribution in [2.75, 3.05) is 28.2 Å². The summed E-state index contributed by atoms with van der Waals surface area (Å²) in [4.78, 5) is 0. The molecule has 0 aliphatic carbocycles. The smallest absolute Gasteiger partial charge is 1.00 e. The first kappa shape index (κ1) is 15.8. The van der Waals surface area contributed by atoms with Crippen LogP contribution in [0.1, 0.15) is 0 Å². The summed E-state index contributed by atoms with van der Waals surface area (Å²) in [6.07, 6.45) is 0. The van der Waals surface area contributed by atoms with E-state index in [1.807, 2.05) is 0 Å². The number of quaternary nitrogens is 1. The first-order valence-corrected chi connectivity index (χ1v) is 1.79. The van der Waals surface area contributed by atoms with Crippen LogP contribution in [0.2, 0.25) is 0 Å². The number of nitrogens with zero attached hydrogens (tertiary/aromatic N) is 1. The molecule has 50 valence electrons. The van der Waals surface area contributed by atoms with E-state index in [0.717, 1.165) is 4.48 Å². The molecule has 0 heterocycles. The van der Waals surface area contributed by atoms with Gasteiger partial charge < -0.3 is 28.5 Å². The van der Waals surface area contributed by atoms with Crippen molar-refractivity contribution in [3.8, 4) is 0 Å². The van der Waals surface area contributed by atoms with E-state index in [9.17, 15) is 0 Å². The molecule has 7 heavy (non-hydrogen) atoms. The van der Waals surface area contributed by atoms with E-state index in [0.29, 0.717) is 0 Å². The normalized spacial score (nSPS) is 8.57. The zero-order valence-electron chi connectivity index (χ0n) is 5.13. The van der Waals surface area contributed by atoms with E-state index in [4.69, 9.17) is 0 Å². The van der Waals surface area contributed by atoms with Crippen LogP contribution in [0.25, 0.3) is 0 Å². The monoisotopic (exact) mass is 308 g/mol. The third kappa shape index (κ3) is 107. The van der Waals surface area contributed by atoms with Crippen molar-refractivity contribution in [1.82, 2.24) is 0 Å². The van der Waals surface area contributed by atoms with Gasteiger partial charge in [-0.1, -0.05) is 0 Å². The van der Waals surface area contributed by atoms with E-state index in [-0.39, 0.29) is 46.4 Å². The summed E-state index contributed by atoms with van der Waals surface area (Å²) in [5, 5.41) is 0. The van der Waals surface area contributed by atoms with Gasteiger partial charge in [0.2, 0.25) is 0 Å². The molecule has 0 aromatic carbocycles. The summed E-state index contributed by atoms with van der Waals surface area (Å²) in [5.74, 6) is 0. The maximum Gasteiger partial charge on any atom is 1.00 e. The second kappa shape index (κ2) is 5.56. The standard InChI is InChI=1S/C4H12N.Ag.HI/c1-5(2,3)4;;/h1-4H3;;1H/q2*+1;/p-1. The summed E-state index contributed by atoms with van der Waals surface area (Å²) in [6, 6.07) is 0. The molecule has 0 rings (SSSR count). The SMILES string of the molecule is C[N+](C)(C)C.[Ag+].[I-]. The average Bonchev–Trinajstić information content (AvgIpc) is 0.722. The van der Waals surface area contributed by atoms with Crippen molar-refractivity contribution in [3.05, 3.63) is 0 Å². The molecule has 1 nitrogen and oxygen atoms in total. The van der Waals surface area contributed by atoms with E-state index in [2.05, 4.69) is 28.2 Å². The summed E-state index contributed by atoms with van der Waals surface area (Å²) in [6.45, 7) is 0. The second-order valence-corrected chi connectivity index (χ2v) is 2.68. The first-order valence-electron chi connectivity index (χ1n) is 1.79. The van der Waals surface area contributed by atoms with Gasteiger partial charge in [0.25, 0.3) is 0 Å². The summed E-state index contributed by atoms with van der Waals surface area (Å²) >= 11 is 0. The Bertz CT molecular complexity index is 27.2. The van der Waals surface area contributed by atoms with Crippen molar-refractivity contribution >= 4 is 0 Å². The molecular formula is C4H12AgIN+. The van der Waals surface area contributed by atoms with Gasteiger partial charge in [0, 0.05) is 0 Å². The van der Waals surface area contributed by atoms with Crippen molar-refractivity contribution in [3.63, 3.8) is 0 Å². The van der Waals surface area contributed by atoms with Gasteiger partial charge in [-0.3, -0.25) is 0 Å². The van der Waals surface area contributed by atoms with E-state index >= 15 is 0 Å². The summed E-state index contributed by atoms with van der Waals surface area (Å²) in [7, 11) is 8.50. The molecule has 0 N–H and O–H groups in total. The second-order valence-electron chi connectivity index (χ2n) is 2.68. The Morgan fingerprint density at radius 3 is 0.857 bits per heavy atom. The van der Waals surface area contributed by atoms with Crippen LogP contribution in [0.3, 0.4) is 0 Å². The van der Waals surface area contributed by atoms with Crippen LogP contribution in [0.15, 0.2) is 0 Å². The van der Waals surface area contributed by atoms with Gasteiger partial charge in [-0.15, -0.1) is 0 Å². The third-order valence-electron chi connectivity index (χ3n) is 0. The maximum atomic E-state index is 2.12.